The van der Waals surface area contributed by atoms with Crippen LogP contribution < -0.4 is 5.11 Å². The van der Waals surface area contributed by atoms with Gasteiger partial charge in [0.1, 0.15) is 0 Å². The van der Waals surface area contributed by atoms with Gasteiger partial charge in [-0.2, -0.15) is 0 Å². The molecule has 0 saturated heterocycles. The zero-order valence-electron chi connectivity index (χ0n) is 11.1. The molecule has 0 bridgehead atoms. The highest BCUT2D eigenvalue weighted by atomic mass is 16.6. The molecular weight excluding hydrogens is 258 g/mol. The second-order valence-corrected chi connectivity index (χ2v) is 4.85. The summed E-state index contributed by atoms with van der Waals surface area (Å²) >= 11 is 0. The van der Waals surface area contributed by atoms with Crippen LogP contribution in [0.3, 0.4) is 0 Å². The minimum Gasteiger partial charge on any atom is -0.868 e. The second kappa shape index (κ2) is 7.24. The summed E-state index contributed by atoms with van der Waals surface area (Å²) in [5, 5.41) is 31.1. The van der Waals surface area contributed by atoms with E-state index in [-0.39, 0.29) is 5.48 Å². The van der Waals surface area contributed by atoms with Crippen molar-refractivity contribution in [2.75, 3.05) is 28.2 Å². The summed E-state index contributed by atoms with van der Waals surface area (Å²) in [6.07, 6.45) is 0. The molecule has 0 amide bonds. The van der Waals surface area contributed by atoms with Crippen LogP contribution in [-0.4, -0.2) is 48.0 Å². The summed E-state index contributed by atoms with van der Waals surface area (Å²) in [7, 11) is 8.50. The fraction of sp³-hybridized carbons (Fsp3) is 0.400. The number of nitrogens with zero attached hydrogens (tertiary/aromatic N) is 3. The van der Waals surface area contributed by atoms with Crippen molar-refractivity contribution in [2.24, 2.45) is 0 Å². The van der Waals surface area contributed by atoms with Gasteiger partial charge in [-0.1, -0.05) is 0 Å². The molecule has 9 heteroatoms. The van der Waals surface area contributed by atoms with E-state index in [0.717, 1.165) is 16.6 Å². The van der Waals surface area contributed by atoms with Gasteiger partial charge in [0, 0.05) is 18.2 Å². The van der Waals surface area contributed by atoms with Gasteiger partial charge in [-0.3, -0.25) is 20.2 Å². The lowest BCUT2D eigenvalue weighted by molar-refractivity contribution is -0.849. The van der Waals surface area contributed by atoms with Gasteiger partial charge in [0.2, 0.25) is 0 Å². The van der Waals surface area contributed by atoms with Crippen LogP contribution in [0.15, 0.2) is 18.2 Å². The number of rotatable bonds is 2. The van der Waals surface area contributed by atoms with E-state index in [9.17, 15) is 25.3 Å². The monoisotopic (exact) mass is 275 g/mol. The van der Waals surface area contributed by atoms with E-state index in [4.69, 9.17) is 0 Å². The van der Waals surface area contributed by atoms with Crippen LogP contribution in [0.4, 0.5) is 11.4 Å². The van der Waals surface area contributed by atoms with Crippen molar-refractivity contribution in [3.05, 3.63) is 38.4 Å². The van der Waals surface area contributed by atoms with Crippen LogP contribution in [-0.2, 0) is 0 Å². The van der Waals surface area contributed by atoms with Crippen LogP contribution in [0.5, 0.6) is 5.75 Å². The molecule has 0 aliphatic carbocycles. The normalized spacial score (nSPS) is 9.68. The predicted octanol–water partition coefficient (Wildman–Crippen LogP) is 0.0743. The molecule has 1 aromatic rings. The second-order valence-electron chi connectivity index (χ2n) is 4.85. The number of non-ortho nitro benzene ring substituents is 1. The van der Waals surface area contributed by atoms with Crippen molar-refractivity contribution in [1.29, 1.82) is 0 Å². The summed E-state index contributed by atoms with van der Waals surface area (Å²) in [5.41, 5.74) is -1.11. The summed E-state index contributed by atoms with van der Waals surface area (Å²) < 4.78 is 1.00. The van der Waals surface area contributed by atoms with Gasteiger partial charge in [-0.05, 0) is 5.75 Å². The lowest BCUT2D eigenvalue weighted by atomic mass is 10.2. The van der Waals surface area contributed by atoms with Crippen LogP contribution in [0, 0.1) is 20.2 Å². The first kappa shape index (κ1) is 19.1. The zero-order chi connectivity index (χ0) is 14.5. The summed E-state index contributed by atoms with van der Waals surface area (Å²) in [4.78, 5) is 18.6. The van der Waals surface area contributed by atoms with Crippen molar-refractivity contribution in [2.45, 2.75) is 0 Å². The Balaban J connectivity index is 0. The molecule has 0 spiro atoms. The molecule has 0 aliphatic rings. The Hall–Kier alpha value is -2.26. The predicted molar refractivity (Wildman–Crippen MR) is 66.8 cm³/mol. The van der Waals surface area contributed by atoms with E-state index in [2.05, 4.69) is 28.2 Å². The Morgan fingerprint density at radius 3 is 1.68 bits per heavy atom. The van der Waals surface area contributed by atoms with Crippen LogP contribution in [0.2, 0.25) is 0 Å². The van der Waals surface area contributed by atoms with Crippen LogP contribution in [0.1, 0.15) is 0 Å². The third-order valence-electron chi connectivity index (χ3n) is 1.35. The summed E-state index contributed by atoms with van der Waals surface area (Å²) in [6.45, 7) is 0. The van der Waals surface area contributed by atoms with Crippen molar-refractivity contribution in [3.8, 4) is 5.75 Å². The Labute approximate surface area is 109 Å². The first-order chi connectivity index (χ1) is 8.02. The molecule has 1 rings (SSSR count). The van der Waals surface area contributed by atoms with Gasteiger partial charge in [0.25, 0.3) is 11.4 Å². The van der Waals surface area contributed by atoms with Crippen LogP contribution in [0.25, 0.3) is 0 Å². The molecule has 0 heterocycles. The van der Waals surface area contributed by atoms with E-state index in [1.165, 1.54) is 0 Å². The maximum absolute atomic E-state index is 10.8. The molecule has 108 valence electrons. The maximum Gasteiger partial charge on any atom is 0.269 e. The topological polar surface area (TPSA) is 141 Å². The average molecular weight is 275 g/mol. The highest BCUT2D eigenvalue weighted by Gasteiger charge is 2.11. The van der Waals surface area contributed by atoms with Crippen molar-refractivity contribution in [3.63, 3.8) is 0 Å². The molecule has 0 unspecified atom stereocenters. The SMILES string of the molecule is C[N+](C)(C)C.O.O=[N+]([O-])c1ccc([N+](=O)[O-])c([O-])c1. The average Bonchev–Trinajstić information content (AvgIpc) is 2.13. The fourth-order valence-corrected chi connectivity index (χ4v) is 0.767. The van der Waals surface area contributed by atoms with E-state index >= 15 is 0 Å². The fourth-order valence-electron chi connectivity index (χ4n) is 0.767. The van der Waals surface area contributed by atoms with Gasteiger partial charge in [0.05, 0.1) is 38.0 Å². The molecule has 1 aromatic carbocycles. The highest BCUT2D eigenvalue weighted by Crippen LogP contribution is 2.26. The Morgan fingerprint density at radius 2 is 1.42 bits per heavy atom. The number of hydrogen-bond donors (Lipinski definition) is 0. The standard InChI is InChI=1S/C6H4N2O5.C4H12N.H2O/c9-6-3-4(7(10)11)1-2-5(6)8(12)13;1-5(2,3)4;/h1-3,9H;1-4H3;1H2/q;+1;/p-1. The van der Waals surface area contributed by atoms with E-state index < -0.39 is 27.0 Å². The Morgan fingerprint density at radius 1 is 1.00 bits per heavy atom. The highest BCUT2D eigenvalue weighted by molar-refractivity contribution is 5.51. The van der Waals surface area contributed by atoms with Gasteiger partial charge in [0.15, 0.2) is 0 Å². The molecule has 0 atom stereocenters. The van der Waals surface area contributed by atoms with Crippen molar-refractivity contribution in [1.82, 2.24) is 0 Å². The van der Waals surface area contributed by atoms with Gasteiger partial charge >= 0.3 is 0 Å². The van der Waals surface area contributed by atoms with Crippen LogP contribution >= 0.6 is 0 Å². The largest absolute Gasteiger partial charge is 0.868 e. The first-order valence-corrected chi connectivity index (χ1v) is 4.91. The minimum absolute atomic E-state index is 0. The molecule has 9 nitrogen and oxygen atoms in total. The summed E-state index contributed by atoms with van der Waals surface area (Å²) in [6, 6.07) is 2.36. The maximum atomic E-state index is 10.8. The number of nitro benzene ring substituents is 2. The van der Waals surface area contributed by atoms with Crippen molar-refractivity contribution >= 4 is 11.4 Å². The molecule has 2 N–H and O–H groups in total. The molecular formula is C10H17N3O6. The van der Waals surface area contributed by atoms with Gasteiger partial charge in [-0.15, -0.1) is 0 Å². The van der Waals surface area contributed by atoms with E-state index in [1.54, 1.807) is 0 Å². The lowest BCUT2D eigenvalue weighted by Gasteiger charge is -2.14. The first-order valence-electron chi connectivity index (χ1n) is 4.91. The molecule has 0 aliphatic heterocycles. The number of hydrogen-bond acceptors (Lipinski definition) is 5. The number of nitro groups is 2. The smallest absolute Gasteiger partial charge is 0.269 e. The quantitative estimate of drug-likeness (QED) is 0.426. The zero-order valence-corrected chi connectivity index (χ0v) is 11.1. The molecule has 0 saturated carbocycles. The minimum atomic E-state index is -0.959. The van der Waals surface area contributed by atoms with Crippen molar-refractivity contribution < 1.29 is 24.9 Å². The molecule has 0 radical (unpaired) electrons. The molecule has 19 heavy (non-hydrogen) atoms. The number of benzene rings is 1. The number of quaternary nitrogens is 1. The lowest BCUT2D eigenvalue weighted by Crippen LogP contribution is -2.27. The van der Waals surface area contributed by atoms with Gasteiger partial charge in [-0.25, -0.2) is 0 Å². The molecule has 0 fully saturated rings. The van der Waals surface area contributed by atoms with Gasteiger partial charge < -0.3 is 15.1 Å². The van der Waals surface area contributed by atoms with E-state index in [0.29, 0.717) is 6.07 Å². The van der Waals surface area contributed by atoms with E-state index in [1.807, 2.05) is 0 Å². The summed E-state index contributed by atoms with van der Waals surface area (Å²) in [5.74, 6) is -0.959. The third-order valence-corrected chi connectivity index (χ3v) is 1.35. The Bertz CT molecular complexity index is 449. The third kappa shape index (κ3) is 8.46. The Kier molecular flexibility index (Phi) is 7.27. The molecule has 0 aromatic heterocycles.